The molecule has 6 unspecified atom stereocenters. The van der Waals surface area contributed by atoms with Gasteiger partial charge < -0.3 is 15.3 Å². The summed E-state index contributed by atoms with van der Waals surface area (Å²) in [5.74, 6) is 2.13. The van der Waals surface area contributed by atoms with E-state index in [0.29, 0.717) is 35.7 Å². The molecule has 0 aromatic rings. The highest BCUT2D eigenvalue weighted by Crippen LogP contribution is 2.60. The second-order valence-electron chi connectivity index (χ2n) is 11.4. The molecule has 30 heavy (non-hydrogen) atoms. The SMILES string of the molecule is C=C1C(O)CC(=C/C=C2\CCCC3(C)C2CCC3C(C)CCCC(C)(C)O)CC1O. The van der Waals surface area contributed by atoms with E-state index in [9.17, 15) is 15.3 Å². The van der Waals surface area contributed by atoms with Crippen molar-refractivity contribution in [2.45, 2.75) is 110 Å². The largest absolute Gasteiger partial charge is 0.390 e. The lowest BCUT2D eigenvalue weighted by atomic mass is 9.60. The van der Waals surface area contributed by atoms with Crippen molar-refractivity contribution < 1.29 is 15.3 Å². The van der Waals surface area contributed by atoms with Gasteiger partial charge in [0.1, 0.15) is 0 Å². The molecule has 3 rings (SSSR count). The minimum atomic E-state index is -0.615. The van der Waals surface area contributed by atoms with Crippen LogP contribution in [0.2, 0.25) is 0 Å². The van der Waals surface area contributed by atoms with Gasteiger partial charge in [-0.2, -0.15) is 0 Å². The fraction of sp³-hybridized carbons (Fsp3) is 0.778. The van der Waals surface area contributed by atoms with Crippen molar-refractivity contribution in [3.05, 3.63) is 35.5 Å². The Hall–Kier alpha value is -0.900. The summed E-state index contributed by atoms with van der Waals surface area (Å²) in [5.41, 5.74) is 3.11. The second kappa shape index (κ2) is 9.30. The number of rotatable bonds is 6. The highest BCUT2D eigenvalue weighted by molar-refractivity contribution is 5.29. The maximum atomic E-state index is 10.1. The van der Waals surface area contributed by atoms with Crippen LogP contribution in [-0.4, -0.2) is 33.1 Å². The predicted octanol–water partition coefficient (Wildman–Crippen LogP) is 5.70. The molecule has 3 nitrogen and oxygen atoms in total. The fourth-order valence-corrected chi connectivity index (χ4v) is 6.70. The Morgan fingerprint density at radius 2 is 1.83 bits per heavy atom. The molecule has 3 fully saturated rings. The molecule has 0 spiro atoms. The summed E-state index contributed by atoms with van der Waals surface area (Å²) in [4.78, 5) is 0. The molecule has 3 aliphatic carbocycles. The molecule has 0 amide bonds. The second-order valence-corrected chi connectivity index (χ2v) is 11.4. The summed E-state index contributed by atoms with van der Waals surface area (Å²) < 4.78 is 0. The lowest BCUT2D eigenvalue weighted by Gasteiger charge is -2.44. The van der Waals surface area contributed by atoms with E-state index in [4.69, 9.17) is 0 Å². The van der Waals surface area contributed by atoms with Gasteiger partial charge >= 0.3 is 0 Å². The Balaban J connectivity index is 1.67. The molecule has 0 heterocycles. The molecule has 0 aromatic carbocycles. The van der Waals surface area contributed by atoms with E-state index in [1.54, 1.807) is 5.57 Å². The number of hydrogen-bond acceptors (Lipinski definition) is 3. The van der Waals surface area contributed by atoms with Crippen LogP contribution in [0.1, 0.15) is 91.9 Å². The predicted molar refractivity (Wildman–Crippen MR) is 124 cm³/mol. The summed E-state index contributed by atoms with van der Waals surface area (Å²) in [5, 5.41) is 30.3. The monoisotopic (exact) mass is 416 g/mol. The lowest BCUT2D eigenvalue weighted by Crippen LogP contribution is -2.36. The van der Waals surface area contributed by atoms with Gasteiger partial charge in [0.25, 0.3) is 0 Å². The first-order valence-electron chi connectivity index (χ1n) is 12.2. The number of aliphatic hydroxyl groups is 3. The van der Waals surface area contributed by atoms with Gasteiger partial charge in [-0.1, -0.05) is 56.6 Å². The Bertz CT molecular complexity index is 667. The van der Waals surface area contributed by atoms with Crippen LogP contribution >= 0.6 is 0 Å². The third-order valence-electron chi connectivity index (χ3n) is 8.47. The quantitative estimate of drug-likeness (QED) is 0.486. The van der Waals surface area contributed by atoms with Crippen LogP contribution in [0, 0.1) is 23.2 Å². The Labute approximate surface area is 184 Å². The molecule has 3 N–H and O–H groups in total. The number of aliphatic hydroxyl groups excluding tert-OH is 2. The molecular formula is C27H44O3. The zero-order valence-electron chi connectivity index (χ0n) is 19.7. The van der Waals surface area contributed by atoms with Gasteiger partial charge in [-0.25, -0.2) is 0 Å². The molecule has 0 bridgehead atoms. The van der Waals surface area contributed by atoms with Gasteiger partial charge in [-0.3, -0.25) is 0 Å². The molecule has 3 saturated carbocycles. The Morgan fingerprint density at radius 1 is 1.17 bits per heavy atom. The molecule has 0 saturated heterocycles. The van der Waals surface area contributed by atoms with Crippen molar-refractivity contribution in [1.82, 2.24) is 0 Å². The van der Waals surface area contributed by atoms with Crippen LogP contribution in [0.3, 0.4) is 0 Å². The van der Waals surface area contributed by atoms with Crippen LogP contribution in [0.25, 0.3) is 0 Å². The van der Waals surface area contributed by atoms with E-state index in [0.717, 1.165) is 24.3 Å². The highest BCUT2D eigenvalue weighted by Gasteiger charge is 2.50. The summed E-state index contributed by atoms with van der Waals surface area (Å²) in [6.07, 6.45) is 14.0. The average molecular weight is 417 g/mol. The van der Waals surface area contributed by atoms with Gasteiger partial charge in [0.05, 0.1) is 17.8 Å². The van der Waals surface area contributed by atoms with Crippen LogP contribution in [0.15, 0.2) is 35.5 Å². The summed E-state index contributed by atoms with van der Waals surface area (Å²) >= 11 is 0. The maximum Gasteiger partial charge on any atom is 0.0809 e. The van der Waals surface area contributed by atoms with Crippen LogP contribution in [-0.2, 0) is 0 Å². The topological polar surface area (TPSA) is 60.7 Å². The van der Waals surface area contributed by atoms with Crippen molar-refractivity contribution in [3.8, 4) is 0 Å². The number of fused-ring (bicyclic) bond motifs is 1. The van der Waals surface area contributed by atoms with E-state index < -0.39 is 17.8 Å². The Kier molecular flexibility index (Phi) is 7.37. The van der Waals surface area contributed by atoms with Crippen LogP contribution < -0.4 is 0 Å². The minimum Gasteiger partial charge on any atom is -0.390 e. The molecular weight excluding hydrogens is 372 g/mol. The smallest absolute Gasteiger partial charge is 0.0809 e. The van der Waals surface area contributed by atoms with Crippen molar-refractivity contribution in [1.29, 1.82) is 0 Å². The molecule has 0 radical (unpaired) electrons. The average Bonchev–Trinajstić information content (AvgIpc) is 3.00. The highest BCUT2D eigenvalue weighted by atomic mass is 16.3. The van der Waals surface area contributed by atoms with Gasteiger partial charge in [0.2, 0.25) is 0 Å². The van der Waals surface area contributed by atoms with Crippen LogP contribution in [0.5, 0.6) is 0 Å². The minimum absolute atomic E-state index is 0.386. The third-order valence-corrected chi connectivity index (χ3v) is 8.47. The van der Waals surface area contributed by atoms with Gasteiger partial charge in [0.15, 0.2) is 0 Å². The zero-order valence-corrected chi connectivity index (χ0v) is 19.7. The van der Waals surface area contributed by atoms with Crippen molar-refractivity contribution >= 4 is 0 Å². The van der Waals surface area contributed by atoms with Crippen molar-refractivity contribution in [3.63, 3.8) is 0 Å². The summed E-state index contributed by atoms with van der Waals surface area (Å²) in [7, 11) is 0. The molecule has 170 valence electrons. The van der Waals surface area contributed by atoms with Crippen molar-refractivity contribution in [2.75, 3.05) is 0 Å². The lowest BCUT2D eigenvalue weighted by molar-refractivity contribution is 0.0596. The first kappa shape index (κ1) is 23.8. The van der Waals surface area contributed by atoms with Gasteiger partial charge in [0, 0.05) is 0 Å². The fourth-order valence-electron chi connectivity index (χ4n) is 6.70. The van der Waals surface area contributed by atoms with E-state index in [-0.39, 0.29) is 0 Å². The van der Waals surface area contributed by atoms with E-state index >= 15 is 0 Å². The normalized spacial score (nSPS) is 37.4. The molecule has 0 aliphatic heterocycles. The van der Waals surface area contributed by atoms with Crippen molar-refractivity contribution in [2.24, 2.45) is 23.2 Å². The number of allylic oxidation sites excluding steroid dienone is 3. The molecule has 6 atom stereocenters. The molecule has 3 aliphatic rings. The van der Waals surface area contributed by atoms with Crippen LogP contribution in [0.4, 0.5) is 0 Å². The summed E-state index contributed by atoms with van der Waals surface area (Å²) in [6, 6.07) is 0. The Morgan fingerprint density at radius 3 is 2.47 bits per heavy atom. The van der Waals surface area contributed by atoms with E-state index in [1.807, 2.05) is 13.8 Å². The first-order valence-corrected chi connectivity index (χ1v) is 12.2. The standard InChI is InChI=1S/C27H44O3/c1-18(8-6-14-26(3,4)30)22-12-13-23-21(9-7-15-27(22,23)5)11-10-20-16-24(28)19(2)25(29)17-20/h10-11,18,22-25,28-30H,2,6-9,12-17H2,1,3-5H3/b20-10?,21-11+. The third kappa shape index (κ3) is 5.29. The molecule has 0 aromatic heterocycles. The summed E-state index contributed by atoms with van der Waals surface area (Å²) in [6.45, 7) is 12.6. The first-order chi connectivity index (χ1) is 14.0. The van der Waals surface area contributed by atoms with Gasteiger partial charge in [-0.05, 0) is 94.0 Å². The van der Waals surface area contributed by atoms with Gasteiger partial charge in [-0.15, -0.1) is 0 Å². The van der Waals surface area contributed by atoms with E-state index in [1.165, 1.54) is 38.5 Å². The maximum absolute atomic E-state index is 10.1. The number of hydrogen-bond donors (Lipinski definition) is 3. The van der Waals surface area contributed by atoms with E-state index in [2.05, 4.69) is 32.6 Å². The zero-order chi connectivity index (χ0) is 22.1. The molecule has 3 heteroatoms.